The molecule has 1 aromatic rings. The average Bonchev–Trinajstić information content (AvgIpc) is 2.36. The lowest BCUT2D eigenvalue weighted by Crippen LogP contribution is -2.17. The van der Waals surface area contributed by atoms with Crippen LogP contribution in [0.4, 0.5) is 22.0 Å². The zero-order valence-electron chi connectivity index (χ0n) is 11.1. The molecular weight excluding hydrogens is 301 g/mol. The summed E-state index contributed by atoms with van der Waals surface area (Å²) in [5.41, 5.74) is -3.63. The summed E-state index contributed by atoms with van der Waals surface area (Å²) in [4.78, 5) is 14.8. The first kappa shape index (κ1) is 17.1. The van der Waals surface area contributed by atoms with E-state index in [4.69, 9.17) is 0 Å². The summed E-state index contributed by atoms with van der Waals surface area (Å²) < 4.78 is 73.6. The van der Waals surface area contributed by atoms with Gasteiger partial charge in [-0.05, 0) is 6.92 Å². The van der Waals surface area contributed by atoms with E-state index in [-0.39, 0.29) is 6.61 Å². The van der Waals surface area contributed by atoms with Crippen LogP contribution in [0.5, 0.6) is 5.88 Å². The molecule has 1 aromatic heterocycles. The van der Waals surface area contributed by atoms with Crippen LogP contribution in [0.1, 0.15) is 30.2 Å². The number of rotatable bonds is 5. The number of ether oxygens (including phenoxy) is 2. The largest absolute Gasteiger partial charge is 0.481 e. The fraction of sp³-hybridized carbons (Fsp3) is 0.500. The first-order valence-electron chi connectivity index (χ1n) is 5.79. The third-order valence-corrected chi connectivity index (χ3v) is 2.46. The lowest BCUT2D eigenvalue weighted by molar-refractivity contribution is -0.143. The van der Waals surface area contributed by atoms with Crippen LogP contribution in [0, 0.1) is 0 Å². The summed E-state index contributed by atoms with van der Waals surface area (Å²) in [6, 6.07) is 0.371. The molecule has 0 atom stereocenters. The minimum atomic E-state index is -5.02. The highest BCUT2D eigenvalue weighted by Crippen LogP contribution is 2.39. The normalized spacial score (nSPS) is 11.6. The van der Waals surface area contributed by atoms with E-state index in [1.54, 1.807) is 0 Å². The molecule has 0 fully saturated rings. The van der Waals surface area contributed by atoms with E-state index in [1.807, 2.05) is 0 Å². The summed E-state index contributed by atoms with van der Waals surface area (Å²) in [5, 5.41) is 0. The number of esters is 1. The molecule has 0 aliphatic rings. The maximum absolute atomic E-state index is 13.0. The van der Waals surface area contributed by atoms with Crippen molar-refractivity contribution in [3.05, 3.63) is 22.9 Å². The van der Waals surface area contributed by atoms with Gasteiger partial charge in [0.2, 0.25) is 5.88 Å². The van der Waals surface area contributed by atoms with Crippen LogP contribution < -0.4 is 4.74 Å². The SMILES string of the molecule is CCOC(=O)Cc1nc(OC)cc(C(F)(F)F)c1C(F)F. The van der Waals surface area contributed by atoms with E-state index in [2.05, 4.69) is 14.5 Å². The number of carbonyl (C=O) groups is 1. The molecule has 0 radical (unpaired) electrons. The van der Waals surface area contributed by atoms with Crippen LogP contribution in [-0.2, 0) is 22.1 Å². The number of methoxy groups -OCH3 is 1. The maximum atomic E-state index is 13.0. The number of nitrogens with zero attached hydrogens (tertiary/aromatic N) is 1. The molecule has 9 heteroatoms. The van der Waals surface area contributed by atoms with Crippen LogP contribution in [0.2, 0.25) is 0 Å². The minimum Gasteiger partial charge on any atom is -0.481 e. The molecule has 0 spiro atoms. The van der Waals surface area contributed by atoms with Gasteiger partial charge < -0.3 is 9.47 Å². The summed E-state index contributed by atoms with van der Waals surface area (Å²) >= 11 is 0. The number of hydrogen-bond donors (Lipinski definition) is 0. The van der Waals surface area contributed by atoms with Gasteiger partial charge in [0.15, 0.2) is 0 Å². The van der Waals surface area contributed by atoms with E-state index in [1.165, 1.54) is 6.92 Å². The van der Waals surface area contributed by atoms with Gasteiger partial charge in [-0.15, -0.1) is 0 Å². The Labute approximate surface area is 116 Å². The average molecular weight is 313 g/mol. The Kier molecular flexibility index (Phi) is 5.45. The molecule has 1 heterocycles. The molecule has 0 N–H and O–H groups in total. The van der Waals surface area contributed by atoms with Gasteiger partial charge in [0.25, 0.3) is 6.43 Å². The number of halogens is 5. The second-order valence-corrected chi connectivity index (χ2v) is 3.85. The standard InChI is InChI=1S/C12H12F5NO3/c1-3-21-9(19)5-7-10(11(13)14)6(12(15,16)17)4-8(18-7)20-2/h4,11H,3,5H2,1-2H3. The third kappa shape index (κ3) is 4.27. The molecule has 0 saturated carbocycles. The van der Waals surface area contributed by atoms with Crippen molar-refractivity contribution in [2.75, 3.05) is 13.7 Å². The van der Waals surface area contributed by atoms with Gasteiger partial charge in [0.1, 0.15) is 0 Å². The van der Waals surface area contributed by atoms with Crippen LogP contribution in [0.3, 0.4) is 0 Å². The molecule has 4 nitrogen and oxygen atoms in total. The van der Waals surface area contributed by atoms with Crippen molar-refractivity contribution in [1.82, 2.24) is 4.98 Å². The molecule has 0 aliphatic heterocycles. The van der Waals surface area contributed by atoms with Crippen molar-refractivity contribution in [1.29, 1.82) is 0 Å². The molecular formula is C12H12F5NO3. The van der Waals surface area contributed by atoms with Gasteiger partial charge in [-0.25, -0.2) is 13.8 Å². The monoisotopic (exact) mass is 313 g/mol. The van der Waals surface area contributed by atoms with Crippen molar-refractivity contribution < 1.29 is 36.2 Å². The molecule has 0 aromatic carbocycles. The molecule has 21 heavy (non-hydrogen) atoms. The number of pyridine rings is 1. The predicted octanol–water partition coefficient (Wildman–Crippen LogP) is 3.15. The third-order valence-electron chi connectivity index (χ3n) is 2.46. The van der Waals surface area contributed by atoms with Crippen LogP contribution in [0.25, 0.3) is 0 Å². The highest BCUT2D eigenvalue weighted by atomic mass is 19.4. The van der Waals surface area contributed by atoms with Gasteiger partial charge in [-0.3, -0.25) is 4.79 Å². The summed E-state index contributed by atoms with van der Waals surface area (Å²) in [5.74, 6) is -1.46. The van der Waals surface area contributed by atoms with E-state index in [9.17, 15) is 26.7 Å². The quantitative estimate of drug-likeness (QED) is 0.619. The number of carbonyl (C=O) groups excluding carboxylic acids is 1. The molecule has 0 saturated heterocycles. The molecule has 0 amide bonds. The van der Waals surface area contributed by atoms with Gasteiger partial charge in [-0.2, -0.15) is 13.2 Å². The number of aromatic nitrogens is 1. The predicted molar refractivity (Wildman–Crippen MR) is 61.1 cm³/mol. The smallest absolute Gasteiger partial charge is 0.417 e. The van der Waals surface area contributed by atoms with Crippen molar-refractivity contribution >= 4 is 5.97 Å². The van der Waals surface area contributed by atoms with Crippen LogP contribution >= 0.6 is 0 Å². The molecule has 0 aliphatic carbocycles. The van der Waals surface area contributed by atoms with Crippen molar-refractivity contribution in [2.45, 2.75) is 25.9 Å². The maximum Gasteiger partial charge on any atom is 0.417 e. The lowest BCUT2D eigenvalue weighted by Gasteiger charge is -2.16. The molecule has 118 valence electrons. The van der Waals surface area contributed by atoms with Crippen molar-refractivity contribution in [3.8, 4) is 5.88 Å². The zero-order valence-corrected chi connectivity index (χ0v) is 11.1. The van der Waals surface area contributed by atoms with Gasteiger partial charge in [0.05, 0.1) is 37.0 Å². The first-order valence-corrected chi connectivity index (χ1v) is 5.79. The van der Waals surface area contributed by atoms with Gasteiger partial charge >= 0.3 is 12.1 Å². The van der Waals surface area contributed by atoms with E-state index in [0.717, 1.165) is 7.11 Å². The van der Waals surface area contributed by atoms with Gasteiger partial charge in [0, 0.05) is 6.07 Å². The van der Waals surface area contributed by atoms with Crippen LogP contribution in [-0.4, -0.2) is 24.7 Å². The fourth-order valence-corrected chi connectivity index (χ4v) is 1.65. The Hall–Kier alpha value is -1.93. The van der Waals surface area contributed by atoms with Crippen molar-refractivity contribution in [3.63, 3.8) is 0 Å². The fourth-order valence-electron chi connectivity index (χ4n) is 1.65. The second-order valence-electron chi connectivity index (χ2n) is 3.85. The molecule has 0 unspecified atom stereocenters. The van der Waals surface area contributed by atoms with E-state index >= 15 is 0 Å². The Balaban J connectivity index is 3.42. The Morgan fingerprint density at radius 1 is 1.38 bits per heavy atom. The lowest BCUT2D eigenvalue weighted by atomic mass is 10.0. The zero-order chi connectivity index (χ0) is 16.2. The van der Waals surface area contributed by atoms with E-state index < -0.39 is 47.7 Å². The Morgan fingerprint density at radius 3 is 2.43 bits per heavy atom. The second kappa shape index (κ2) is 6.68. The number of hydrogen-bond acceptors (Lipinski definition) is 4. The van der Waals surface area contributed by atoms with Crippen molar-refractivity contribution in [2.24, 2.45) is 0 Å². The summed E-state index contributed by atoms with van der Waals surface area (Å²) in [6.07, 6.45) is -9.26. The molecule has 1 rings (SSSR count). The Morgan fingerprint density at radius 2 is 2.00 bits per heavy atom. The summed E-state index contributed by atoms with van der Waals surface area (Å²) in [7, 11) is 1.04. The van der Waals surface area contributed by atoms with Gasteiger partial charge in [-0.1, -0.05) is 0 Å². The van der Waals surface area contributed by atoms with E-state index in [0.29, 0.717) is 6.07 Å². The summed E-state index contributed by atoms with van der Waals surface area (Å²) in [6.45, 7) is 1.45. The highest BCUT2D eigenvalue weighted by molar-refractivity contribution is 5.72. The molecule has 0 bridgehead atoms. The Bertz CT molecular complexity index is 516. The van der Waals surface area contributed by atoms with Crippen LogP contribution in [0.15, 0.2) is 6.07 Å². The first-order chi connectivity index (χ1) is 9.70. The highest BCUT2D eigenvalue weighted by Gasteiger charge is 2.38. The number of alkyl halides is 5. The topological polar surface area (TPSA) is 48.4 Å². The minimum absolute atomic E-state index is 0.0288.